The monoisotopic (exact) mass is 255 g/mol. The summed E-state index contributed by atoms with van der Waals surface area (Å²) in [4.78, 5) is 35.6. The maximum absolute atomic E-state index is 11.9. The van der Waals surface area contributed by atoms with Crippen LogP contribution in [0.25, 0.3) is 0 Å². The van der Waals surface area contributed by atoms with E-state index in [0.717, 1.165) is 12.8 Å². The lowest BCUT2D eigenvalue weighted by Gasteiger charge is -2.23. The number of carbonyl (C=O) groups excluding carboxylic acids is 2. The molecule has 2 bridgehead atoms. The summed E-state index contributed by atoms with van der Waals surface area (Å²) in [6.07, 6.45) is 2.10. The number of carboxylic acid groups (broad SMARTS) is 1. The van der Waals surface area contributed by atoms with Crippen molar-refractivity contribution >= 4 is 17.9 Å². The lowest BCUT2D eigenvalue weighted by molar-refractivity contribution is -0.142. The highest BCUT2D eigenvalue weighted by Gasteiger charge is 2.51. The number of nitrogens with one attached hydrogen (secondary N) is 2. The fourth-order valence-corrected chi connectivity index (χ4v) is 2.91. The summed E-state index contributed by atoms with van der Waals surface area (Å²) in [6.45, 7) is -0.0803. The third-order valence-electron chi connectivity index (χ3n) is 3.77. The molecule has 0 spiro atoms. The molecule has 0 aromatic heterocycles. The van der Waals surface area contributed by atoms with Crippen molar-refractivity contribution in [2.45, 2.75) is 31.3 Å². The van der Waals surface area contributed by atoms with E-state index in [0.29, 0.717) is 6.42 Å². The average molecular weight is 255 g/mol. The van der Waals surface area contributed by atoms with Gasteiger partial charge in [0.2, 0.25) is 5.91 Å². The average Bonchev–Trinajstić information content (AvgIpc) is 2.92. The third kappa shape index (κ3) is 2.12. The number of amides is 3. The van der Waals surface area contributed by atoms with Gasteiger partial charge in [0.25, 0.3) is 0 Å². The molecule has 0 aliphatic carbocycles. The minimum atomic E-state index is -0.841. The quantitative estimate of drug-likeness (QED) is 0.626. The van der Waals surface area contributed by atoms with E-state index >= 15 is 0 Å². The first-order valence-electron chi connectivity index (χ1n) is 6.04. The van der Waals surface area contributed by atoms with Gasteiger partial charge in [-0.1, -0.05) is 0 Å². The van der Waals surface area contributed by atoms with Gasteiger partial charge in [-0.05, 0) is 19.3 Å². The number of hydrogen-bond donors (Lipinski definition) is 3. The van der Waals surface area contributed by atoms with Crippen molar-refractivity contribution in [2.75, 3.05) is 13.6 Å². The Morgan fingerprint density at radius 1 is 1.33 bits per heavy atom. The van der Waals surface area contributed by atoms with Gasteiger partial charge in [0, 0.05) is 19.1 Å². The summed E-state index contributed by atoms with van der Waals surface area (Å²) in [7, 11) is 1.49. The number of likely N-dealkylation sites (N-methyl/N-ethyl adjacent to an activating group) is 1. The second-order valence-corrected chi connectivity index (χ2v) is 4.72. The van der Waals surface area contributed by atoms with E-state index in [2.05, 4.69) is 10.6 Å². The second kappa shape index (κ2) is 4.83. The van der Waals surface area contributed by atoms with Crippen LogP contribution >= 0.6 is 0 Å². The second-order valence-electron chi connectivity index (χ2n) is 4.72. The Bertz CT molecular complexity index is 384. The van der Waals surface area contributed by atoms with Crippen LogP contribution in [0, 0.1) is 5.92 Å². The van der Waals surface area contributed by atoms with Crippen LogP contribution in [0.15, 0.2) is 0 Å². The smallest absolute Gasteiger partial charge is 0.318 e. The highest BCUT2D eigenvalue weighted by atomic mass is 16.4. The predicted molar refractivity (Wildman–Crippen MR) is 61.9 cm³/mol. The van der Waals surface area contributed by atoms with Crippen LogP contribution in [0.3, 0.4) is 0 Å². The molecule has 2 aliphatic rings. The lowest BCUT2D eigenvalue weighted by atomic mass is 9.89. The maximum atomic E-state index is 11.9. The fraction of sp³-hybridized carbons (Fsp3) is 0.727. The van der Waals surface area contributed by atoms with Crippen LogP contribution in [-0.4, -0.2) is 53.6 Å². The molecule has 3 unspecified atom stereocenters. The molecule has 2 saturated heterocycles. The van der Waals surface area contributed by atoms with E-state index < -0.39 is 11.9 Å². The molecule has 2 heterocycles. The molecule has 0 saturated carbocycles. The molecule has 2 rings (SSSR count). The van der Waals surface area contributed by atoms with Crippen LogP contribution in [0.1, 0.15) is 19.3 Å². The summed E-state index contributed by atoms with van der Waals surface area (Å²) >= 11 is 0. The number of nitrogens with zero attached hydrogens (tertiary/aromatic N) is 1. The number of carboxylic acids is 1. The van der Waals surface area contributed by atoms with Gasteiger partial charge in [0.1, 0.15) is 0 Å². The summed E-state index contributed by atoms with van der Waals surface area (Å²) in [6, 6.07) is -0.562. The van der Waals surface area contributed by atoms with Crippen LogP contribution < -0.4 is 10.6 Å². The molecule has 3 atom stereocenters. The Kier molecular flexibility index (Phi) is 3.40. The first-order chi connectivity index (χ1) is 8.54. The minimum absolute atomic E-state index is 0.000729. The fourth-order valence-electron chi connectivity index (χ4n) is 2.91. The molecule has 3 amide bonds. The SMILES string of the molecule is CNC(=O)CNC(=O)N1C2CCC1C(C(=O)O)C2. The summed E-state index contributed by atoms with van der Waals surface area (Å²) in [5.74, 6) is -1.58. The van der Waals surface area contributed by atoms with Gasteiger partial charge in [-0.2, -0.15) is 0 Å². The lowest BCUT2D eigenvalue weighted by Crippen LogP contribution is -2.46. The van der Waals surface area contributed by atoms with Crippen molar-refractivity contribution in [1.29, 1.82) is 0 Å². The molecule has 7 heteroatoms. The zero-order valence-corrected chi connectivity index (χ0v) is 10.2. The van der Waals surface area contributed by atoms with Gasteiger partial charge in [0.15, 0.2) is 0 Å². The normalized spacial score (nSPS) is 29.2. The maximum Gasteiger partial charge on any atom is 0.318 e. The summed E-state index contributed by atoms with van der Waals surface area (Å²) in [5.41, 5.74) is 0. The van der Waals surface area contributed by atoms with Crippen LogP contribution in [0.5, 0.6) is 0 Å². The molecule has 3 N–H and O–H groups in total. The molecule has 7 nitrogen and oxygen atoms in total. The van der Waals surface area contributed by atoms with Crippen LogP contribution in [0.2, 0.25) is 0 Å². The van der Waals surface area contributed by atoms with E-state index in [1.54, 1.807) is 4.90 Å². The van der Waals surface area contributed by atoms with E-state index in [1.165, 1.54) is 7.05 Å². The summed E-state index contributed by atoms with van der Waals surface area (Å²) < 4.78 is 0. The molecule has 0 radical (unpaired) electrons. The Hall–Kier alpha value is -1.79. The first-order valence-corrected chi connectivity index (χ1v) is 6.04. The highest BCUT2D eigenvalue weighted by molar-refractivity contribution is 5.85. The van der Waals surface area contributed by atoms with Gasteiger partial charge in [0.05, 0.1) is 12.5 Å². The zero-order valence-electron chi connectivity index (χ0n) is 10.2. The van der Waals surface area contributed by atoms with Crippen LogP contribution in [0.4, 0.5) is 4.79 Å². The zero-order chi connectivity index (χ0) is 13.3. The van der Waals surface area contributed by atoms with Crippen molar-refractivity contribution in [3.05, 3.63) is 0 Å². The van der Waals surface area contributed by atoms with Crippen LogP contribution in [-0.2, 0) is 9.59 Å². The number of aliphatic carboxylic acids is 1. The molecular weight excluding hydrogens is 238 g/mol. The Balaban J connectivity index is 1.95. The molecule has 100 valence electrons. The van der Waals surface area contributed by atoms with E-state index in [4.69, 9.17) is 5.11 Å². The van der Waals surface area contributed by atoms with Crippen molar-refractivity contribution in [1.82, 2.24) is 15.5 Å². The number of carbonyl (C=O) groups is 3. The minimum Gasteiger partial charge on any atom is -0.481 e. The molecule has 0 aromatic carbocycles. The van der Waals surface area contributed by atoms with Gasteiger partial charge in [-0.15, -0.1) is 0 Å². The van der Waals surface area contributed by atoms with Gasteiger partial charge >= 0.3 is 12.0 Å². The number of rotatable bonds is 3. The molecule has 18 heavy (non-hydrogen) atoms. The predicted octanol–water partition coefficient (Wildman–Crippen LogP) is -0.620. The van der Waals surface area contributed by atoms with Gasteiger partial charge < -0.3 is 20.6 Å². The Morgan fingerprint density at radius 3 is 2.61 bits per heavy atom. The number of hydrogen-bond acceptors (Lipinski definition) is 3. The molecule has 2 aliphatic heterocycles. The van der Waals surface area contributed by atoms with Gasteiger partial charge in [-0.25, -0.2) is 4.79 Å². The Morgan fingerprint density at radius 2 is 2.06 bits per heavy atom. The molecule has 0 aromatic rings. The van der Waals surface area contributed by atoms with Gasteiger partial charge in [-0.3, -0.25) is 9.59 Å². The van der Waals surface area contributed by atoms with E-state index in [9.17, 15) is 14.4 Å². The van der Waals surface area contributed by atoms with E-state index in [1.807, 2.05) is 0 Å². The molecule has 2 fully saturated rings. The first kappa shape index (κ1) is 12.7. The Labute approximate surface area is 105 Å². The number of fused-ring (bicyclic) bond motifs is 2. The largest absolute Gasteiger partial charge is 0.481 e. The standard InChI is InChI=1S/C11H17N3O4/c1-12-9(15)5-13-11(18)14-6-2-3-8(14)7(4-6)10(16)17/h6-8H,2-5H2,1H3,(H,12,15)(H,13,18)(H,16,17). The van der Waals surface area contributed by atoms with E-state index in [-0.39, 0.29) is 30.6 Å². The number of urea groups is 1. The topological polar surface area (TPSA) is 98.7 Å². The highest BCUT2D eigenvalue weighted by Crippen LogP contribution is 2.41. The van der Waals surface area contributed by atoms with Crippen molar-refractivity contribution < 1.29 is 19.5 Å². The molecular formula is C11H17N3O4. The summed E-state index contributed by atoms with van der Waals surface area (Å²) in [5, 5.41) is 14.0. The van der Waals surface area contributed by atoms with Crippen molar-refractivity contribution in [3.8, 4) is 0 Å². The van der Waals surface area contributed by atoms with Crippen molar-refractivity contribution in [2.24, 2.45) is 5.92 Å². The van der Waals surface area contributed by atoms with Crippen molar-refractivity contribution in [3.63, 3.8) is 0 Å². The third-order valence-corrected chi connectivity index (χ3v) is 3.77.